The second-order valence-electron chi connectivity index (χ2n) is 8.21. The van der Waals surface area contributed by atoms with Crippen molar-refractivity contribution in [1.82, 2.24) is 15.3 Å². The number of sulfonamides is 1. The molecule has 1 amide bonds. The molecule has 2 aromatic rings. The molecule has 0 aliphatic heterocycles. The number of alkyl carbamates (subject to hydrolysis) is 1. The van der Waals surface area contributed by atoms with Gasteiger partial charge in [0.25, 0.3) is 0 Å². The fraction of sp³-hybridized carbons (Fsp3) is 0.450. The zero-order valence-corrected chi connectivity index (χ0v) is 19.1. The molecule has 1 aromatic carbocycles. The van der Waals surface area contributed by atoms with E-state index in [9.17, 15) is 30.8 Å². The highest BCUT2D eigenvalue weighted by Crippen LogP contribution is 2.43. The largest absolute Gasteiger partial charge is 0.446 e. The number of nitrogens with two attached hydrogens (primary N) is 1. The quantitative estimate of drug-likeness (QED) is 0.470. The predicted molar refractivity (Wildman–Crippen MR) is 113 cm³/mol. The number of alkyl halides is 4. The number of amides is 1. The molecule has 1 fully saturated rings. The Morgan fingerprint density at radius 1 is 1.31 bits per heavy atom. The average molecular weight is 523 g/mol. The van der Waals surface area contributed by atoms with Crippen molar-refractivity contribution in [2.24, 2.45) is 5.14 Å². The van der Waals surface area contributed by atoms with Gasteiger partial charge in [0.1, 0.15) is 17.6 Å². The van der Waals surface area contributed by atoms with E-state index in [1.54, 1.807) is 0 Å². The first-order chi connectivity index (χ1) is 16.1. The number of primary sulfonamides is 1. The van der Waals surface area contributed by atoms with Crippen molar-refractivity contribution in [3.05, 3.63) is 42.0 Å². The van der Waals surface area contributed by atoms with Crippen LogP contribution in [0.3, 0.4) is 0 Å². The van der Waals surface area contributed by atoms with E-state index in [4.69, 9.17) is 9.88 Å². The van der Waals surface area contributed by atoms with Gasteiger partial charge < -0.3 is 15.4 Å². The van der Waals surface area contributed by atoms with Crippen LogP contribution in [0.5, 0.6) is 0 Å². The lowest BCUT2D eigenvalue weighted by Crippen LogP contribution is -2.37. The number of carbonyl (C=O) groups excluding carboxylic acids is 1. The van der Waals surface area contributed by atoms with Gasteiger partial charge in [-0.15, -0.1) is 0 Å². The molecule has 3 atom stereocenters. The summed E-state index contributed by atoms with van der Waals surface area (Å²) in [4.78, 5) is 19.3. The fourth-order valence-corrected chi connectivity index (χ4v) is 4.15. The summed E-state index contributed by atoms with van der Waals surface area (Å²) in [5.74, 6) is -1.02. The highest BCUT2D eigenvalue weighted by Gasteiger charge is 2.43. The summed E-state index contributed by atoms with van der Waals surface area (Å²) in [5, 5.41) is 9.56. The van der Waals surface area contributed by atoms with Crippen molar-refractivity contribution in [1.29, 1.82) is 0 Å². The second-order valence-corrected chi connectivity index (χ2v) is 9.77. The normalized spacial score (nSPS) is 21.4. The third-order valence-electron chi connectivity index (χ3n) is 5.27. The van der Waals surface area contributed by atoms with Crippen molar-refractivity contribution in [3.63, 3.8) is 0 Å². The molecule has 35 heavy (non-hydrogen) atoms. The Morgan fingerprint density at radius 2 is 1.97 bits per heavy atom. The van der Waals surface area contributed by atoms with Crippen LogP contribution in [0.2, 0.25) is 0 Å². The van der Waals surface area contributed by atoms with E-state index in [1.807, 2.05) is 0 Å². The molecule has 0 radical (unpaired) electrons. The minimum absolute atomic E-state index is 0.0388. The smallest absolute Gasteiger partial charge is 0.407 e. The average Bonchev–Trinajstić information content (AvgIpc) is 3.09. The number of carbonyl (C=O) groups is 1. The maximum Gasteiger partial charge on any atom is 0.407 e. The van der Waals surface area contributed by atoms with Crippen molar-refractivity contribution in [2.45, 2.75) is 61.5 Å². The zero-order chi connectivity index (χ0) is 26.0. The van der Waals surface area contributed by atoms with Crippen LogP contribution in [-0.4, -0.2) is 42.8 Å². The van der Waals surface area contributed by atoms with E-state index >= 15 is 4.39 Å². The van der Waals surface area contributed by atoms with E-state index in [0.717, 1.165) is 18.2 Å². The zero-order valence-electron chi connectivity index (χ0n) is 18.3. The van der Waals surface area contributed by atoms with Crippen molar-refractivity contribution in [2.75, 3.05) is 5.32 Å². The third kappa shape index (κ3) is 7.21. The maximum absolute atomic E-state index is 15.4. The van der Waals surface area contributed by atoms with E-state index in [1.165, 1.54) is 19.3 Å². The van der Waals surface area contributed by atoms with Gasteiger partial charge in [0.15, 0.2) is 0 Å². The molecule has 9 nitrogen and oxygen atoms in total. The Morgan fingerprint density at radius 3 is 2.54 bits per heavy atom. The molecule has 0 bridgehead atoms. The molecular weight excluding hydrogens is 501 g/mol. The molecule has 1 heterocycles. The minimum atomic E-state index is -4.45. The first-order valence-corrected chi connectivity index (χ1v) is 11.8. The van der Waals surface area contributed by atoms with Crippen LogP contribution >= 0.6 is 0 Å². The molecule has 1 aliphatic rings. The number of halogens is 5. The van der Waals surface area contributed by atoms with Gasteiger partial charge in [-0.05, 0) is 38.0 Å². The molecule has 192 valence electrons. The molecule has 1 aliphatic carbocycles. The number of ether oxygens (including phenoxy) is 1. The molecule has 1 saturated carbocycles. The number of hydrogen-bond acceptors (Lipinski definition) is 7. The number of anilines is 2. The van der Waals surface area contributed by atoms with Gasteiger partial charge in [-0.25, -0.2) is 37.1 Å². The van der Waals surface area contributed by atoms with Crippen LogP contribution < -0.4 is 15.8 Å². The number of rotatable bonds is 7. The summed E-state index contributed by atoms with van der Waals surface area (Å²) >= 11 is 0. The standard InChI is InChI=1S/C20H22F5N5O4S/c1-11(7-20(23,24)25)29-18(31)34-13-4-5-19(22,8-13)12-9-27-17(28-10-12)30-16-3-2-14(6-15(16)21)35(26,32)33/h2-3,6,9-11,13H,4-5,7-8H2,1H3,(H,29,31)(H2,26,32,33)(H,27,28,30)/t11-,13-,19-/m0/s1. The Hall–Kier alpha value is -3.07. The van der Waals surface area contributed by atoms with Crippen molar-refractivity contribution >= 4 is 27.8 Å². The lowest BCUT2D eigenvalue weighted by Gasteiger charge is -2.21. The summed E-state index contributed by atoms with van der Waals surface area (Å²) in [5.41, 5.74) is -2.01. The van der Waals surface area contributed by atoms with Crippen LogP contribution in [0.25, 0.3) is 0 Å². The van der Waals surface area contributed by atoms with Crippen molar-refractivity contribution in [3.8, 4) is 0 Å². The first kappa shape index (κ1) is 26.5. The number of hydrogen-bond donors (Lipinski definition) is 3. The molecule has 15 heteroatoms. The van der Waals surface area contributed by atoms with Crippen LogP contribution in [0.15, 0.2) is 35.5 Å². The van der Waals surface area contributed by atoms with Gasteiger partial charge in [-0.3, -0.25) is 0 Å². The highest BCUT2D eigenvalue weighted by molar-refractivity contribution is 7.89. The number of nitrogens with one attached hydrogen (secondary N) is 2. The van der Waals surface area contributed by atoms with Gasteiger partial charge in [-0.1, -0.05) is 0 Å². The number of aromatic nitrogens is 2. The fourth-order valence-electron chi connectivity index (χ4n) is 3.62. The minimum Gasteiger partial charge on any atom is -0.446 e. The van der Waals surface area contributed by atoms with Crippen LogP contribution in [0, 0.1) is 5.82 Å². The second kappa shape index (κ2) is 9.89. The summed E-state index contributed by atoms with van der Waals surface area (Å²) < 4.78 is 94.3. The molecule has 1 aromatic heterocycles. The summed E-state index contributed by atoms with van der Waals surface area (Å²) in [6.07, 6.45) is -5.41. The van der Waals surface area contributed by atoms with E-state index in [2.05, 4.69) is 20.6 Å². The summed E-state index contributed by atoms with van der Waals surface area (Å²) in [7, 11) is -4.08. The van der Waals surface area contributed by atoms with Crippen LogP contribution in [0.4, 0.5) is 38.4 Å². The molecule has 0 saturated heterocycles. The molecule has 0 unspecified atom stereocenters. The number of benzene rings is 1. The van der Waals surface area contributed by atoms with Gasteiger partial charge in [0, 0.05) is 30.4 Å². The topological polar surface area (TPSA) is 136 Å². The molecule has 4 N–H and O–H groups in total. The van der Waals surface area contributed by atoms with E-state index in [-0.39, 0.29) is 36.5 Å². The lowest BCUT2D eigenvalue weighted by molar-refractivity contribution is -0.138. The van der Waals surface area contributed by atoms with Gasteiger partial charge in [0.2, 0.25) is 16.0 Å². The SMILES string of the molecule is C[C@@H](CC(F)(F)F)NC(=O)O[C@H]1CC[C@@](F)(c2cnc(Nc3ccc(S(N)(=O)=O)cc3F)nc2)C1. The molecule has 3 rings (SSSR count). The van der Waals surface area contributed by atoms with Gasteiger partial charge >= 0.3 is 12.3 Å². The van der Waals surface area contributed by atoms with Crippen LogP contribution in [0.1, 0.15) is 38.2 Å². The maximum atomic E-state index is 15.4. The summed E-state index contributed by atoms with van der Waals surface area (Å²) in [6, 6.07) is 1.74. The van der Waals surface area contributed by atoms with E-state index < -0.39 is 57.2 Å². The Balaban J connectivity index is 1.59. The van der Waals surface area contributed by atoms with Crippen molar-refractivity contribution < 1.29 is 39.9 Å². The van der Waals surface area contributed by atoms with Crippen LogP contribution in [-0.2, 0) is 20.4 Å². The Labute approximate surface area is 197 Å². The molecular formula is C20H22F5N5O4S. The van der Waals surface area contributed by atoms with E-state index in [0.29, 0.717) is 0 Å². The first-order valence-electron chi connectivity index (χ1n) is 10.3. The van der Waals surface area contributed by atoms with Gasteiger partial charge in [0.05, 0.1) is 17.0 Å². The Bertz CT molecular complexity index is 1180. The summed E-state index contributed by atoms with van der Waals surface area (Å²) in [6.45, 7) is 1.18. The lowest BCUT2D eigenvalue weighted by atomic mass is 9.97. The molecule has 0 spiro atoms. The highest BCUT2D eigenvalue weighted by atomic mass is 32.2. The van der Waals surface area contributed by atoms with Gasteiger partial charge in [-0.2, -0.15) is 13.2 Å². The third-order valence-corrected chi connectivity index (χ3v) is 6.19. The monoisotopic (exact) mass is 523 g/mol. The predicted octanol–water partition coefficient (Wildman–Crippen LogP) is 3.79. The Kier molecular flexibility index (Phi) is 7.50. The number of nitrogens with zero attached hydrogens (tertiary/aromatic N) is 2.